The van der Waals surface area contributed by atoms with Crippen molar-refractivity contribution in [3.8, 4) is 0 Å². The number of carbonyl (C=O) groups is 1. The van der Waals surface area contributed by atoms with Crippen molar-refractivity contribution >= 4 is 11.9 Å². The molecule has 2 aliphatic rings. The van der Waals surface area contributed by atoms with E-state index in [9.17, 15) is 18.0 Å². The molecule has 25 heavy (non-hydrogen) atoms. The van der Waals surface area contributed by atoms with Gasteiger partial charge in [0.05, 0.1) is 19.1 Å². The molecular formula is C16H27F3N4O2. The Morgan fingerprint density at radius 3 is 2.48 bits per heavy atom. The van der Waals surface area contributed by atoms with Crippen molar-refractivity contribution in [3.63, 3.8) is 0 Å². The molecule has 144 valence electrons. The van der Waals surface area contributed by atoms with Gasteiger partial charge >= 0.3 is 12.1 Å². The second-order valence-electron chi connectivity index (χ2n) is 6.54. The fourth-order valence-corrected chi connectivity index (χ4v) is 3.41. The number of aliphatic imine (C=N–C) groups is 1. The van der Waals surface area contributed by atoms with Gasteiger partial charge in [0.2, 0.25) is 0 Å². The van der Waals surface area contributed by atoms with Gasteiger partial charge in [-0.15, -0.1) is 0 Å². The maximum Gasteiger partial charge on any atom is 0.401 e. The van der Waals surface area contributed by atoms with Crippen molar-refractivity contribution in [1.29, 1.82) is 0 Å². The van der Waals surface area contributed by atoms with Crippen LogP contribution in [0, 0.1) is 5.92 Å². The minimum atomic E-state index is -4.16. The van der Waals surface area contributed by atoms with Crippen LogP contribution < -0.4 is 5.32 Å². The second kappa shape index (κ2) is 8.73. The Labute approximate surface area is 146 Å². The first-order valence-electron chi connectivity index (χ1n) is 8.76. The minimum absolute atomic E-state index is 0.0381. The fraction of sp³-hybridized carbons (Fsp3) is 0.875. The zero-order chi connectivity index (χ0) is 18.4. The zero-order valence-electron chi connectivity index (χ0n) is 14.8. The van der Waals surface area contributed by atoms with Crippen LogP contribution in [-0.2, 0) is 9.53 Å². The Kier molecular flexibility index (Phi) is 6.92. The number of esters is 1. The van der Waals surface area contributed by atoms with Crippen LogP contribution in [-0.4, -0.2) is 80.3 Å². The van der Waals surface area contributed by atoms with E-state index in [1.807, 2.05) is 0 Å². The summed E-state index contributed by atoms with van der Waals surface area (Å²) in [5.74, 6) is 0.466. The average molecular weight is 364 g/mol. The summed E-state index contributed by atoms with van der Waals surface area (Å²) in [6.45, 7) is 3.47. The van der Waals surface area contributed by atoms with Crippen molar-refractivity contribution in [2.24, 2.45) is 10.9 Å². The van der Waals surface area contributed by atoms with Gasteiger partial charge in [0, 0.05) is 39.3 Å². The monoisotopic (exact) mass is 364 g/mol. The van der Waals surface area contributed by atoms with Gasteiger partial charge in [0.25, 0.3) is 0 Å². The summed E-state index contributed by atoms with van der Waals surface area (Å²) in [5.41, 5.74) is 0. The largest absolute Gasteiger partial charge is 0.466 e. The lowest BCUT2D eigenvalue weighted by molar-refractivity contribution is -0.149. The smallest absolute Gasteiger partial charge is 0.401 e. The normalized spacial score (nSPS) is 23.8. The average Bonchev–Trinajstić information content (AvgIpc) is 2.98. The summed E-state index contributed by atoms with van der Waals surface area (Å²) in [7, 11) is 1.67. The number of nitrogens with zero attached hydrogens (tertiary/aromatic N) is 3. The lowest BCUT2D eigenvalue weighted by atomic mass is 9.97. The summed E-state index contributed by atoms with van der Waals surface area (Å²) < 4.78 is 42.5. The van der Waals surface area contributed by atoms with E-state index in [2.05, 4.69) is 15.2 Å². The van der Waals surface area contributed by atoms with Gasteiger partial charge in [-0.25, -0.2) is 0 Å². The maximum atomic E-state index is 12.5. The number of halogens is 3. The first kappa shape index (κ1) is 19.8. The van der Waals surface area contributed by atoms with E-state index in [1.165, 1.54) is 4.90 Å². The minimum Gasteiger partial charge on any atom is -0.466 e. The molecule has 2 rings (SSSR count). The number of hydrogen-bond donors (Lipinski definition) is 1. The summed E-state index contributed by atoms with van der Waals surface area (Å²) in [6.07, 6.45) is -2.10. The number of alkyl halides is 3. The number of piperidine rings is 1. The molecule has 0 saturated carbocycles. The van der Waals surface area contributed by atoms with Crippen LogP contribution >= 0.6 is 0 Å². The Balaban J connectivity index is 1.79. The van der Waals surface area contributed by atoms with Gasteiger partial charge in [-0.1, -0.05) is 0 Å². The number of hydrogen-bond acceptors (Lipinski definition) is 4. The molecule has 0 radical (unpaired) electrons. The third-order valence-corrected chi connectivity index (χ3v) is 4.63. The quantitative estimate of drug-likeness (QED) is 0.465. The van der Waals surface area contributed by atoms with Gasteiger partial charge < -0.3 is 15.0 Å². The molecule has 2 fully saturated rings. The van der Waals surface area contributed by atoms with E-state index in [1.54, 1.807) is 14.0 Å². The predicted octanol–water partition coefficient (Wildman–Crippen LogP) is 1.47. The number of nitrogens with one attached hydrogen (secondary N) is 1. The topological polar surface area (TPSA) is 57.2 Å². The second-order valence-corrected chi connectivity index (χ2v) is 6.54. The van der Waals surface area contributed by atoms with E-state index in [0.717, 1.165) is 0 Å². The molecule has 1 unspecified atom stereocenters. The van der Waals surface area contributed by atoms with Crippen molar-refractivity contribution in [3.05, 3.63) is 0 Å². The highest BCUT2D eigenvalue weighted by atomic mass is 19.4. The number of rotatable bonds is 4. The van der Waals surface area contributed by atoms with E-state index in [4.69, 9.17) is 4.74 Å². The van der Waals surface area contributed by atoms with E-state index < -0.39 is 12.7 Å². The van der Waals surface area contributed by atoms with E-state index in [-0.39, 0.29) is 17.9 Å². The van der Waals surface area contributed by atoms with Crippen LogP contribution in [0.3, 0.4) is 0 Å². The molecule has 6 nitrogen and oxygen atoms in total. The molecule has 0 aliphatic carbocycles. The molecule has 0 amide bonds. The summed E-state index contributed by atoms with van der Waals surface area (Å²) in [6, 6.07) is -0.0381. The fourth-order valence-electron chi connectivity index (χ4n) is 3.41. The molecule has 0 aromatic heterocycles. The molecule has 2 saturated heterocycles. The highest BCUT2D eigenvalue weighted by Crippen LogP contribution is 2.21. The molecular weight excluding hydrogens is 337 g/mol. The number of likely N-dealkylation sites (tertiary alicyclic amines) is 2. The van der Waals surface area contributed by atoms with Gasteiger partial charge in [-0.2, -0.15) is 13.2 Å². The van der Waals surface area contributed by atoms with Crippen molar-refractivity contribution in [1.82, 2.24) is 15.1 Å². The van der Waals surface area contributed by atoms with E-state index in [0.29, 0.717) is 58.0 Å². The molecule has 1 atom stereocenters. The van der Waals surface area contributed by atoms with Gasteiger partial charge in [0.15, 0.2) is 5.96 Å². The Morgan fingerprint density at radius 1 is 1.24 bits per heavy atom. The van der Waals surface area contributed by atoms with Gasteiger partial charge in [0.1, 0.15) is 0 Å². The molecule has 0 aromatic carbocycles. The summed E-state index contributed by atoms with van der Waals surface area (Å²) in [5, 5.41) is 3.27. The molecule has 0 spiro atoms. The molecule has 0 bridgehead atoms. The van der Waals surface area contributed by atoms with E-state index >= 15 is 0 Å². The number of carbonyl (C=O) groups excluding carboxylic acids is 1. The van der Waals surface area contributed by atoms with Gasteiger partial charge in [-0.05, 0) is 26.2 Å². The van der Waals surface area contributed by atoms with Crippen LogP contribution in [0.25, 0.3) is 0 Å². The molecule has 1 N–H and O–H groups in total. The van der Waals surface area contributed by atoms with Crippen LogP contribution in [0.4, 0.5) is 13.2 Å². The Hall–Kier alpha value is -1.51. The highest BCUT2D eigenvalue weighted by molar-refractivity contribution is 5.81. The van der Waals surface area contributed by atoms with Gasteiger partial charge in [-0.3, -0.25) is 14.7 Å². The first-order valence-corrected chi connectivity index (χ1v) is 8.76. The zero-order valence-corrected chi connectivity index (χ0v) is 14.8. The summed E-state index contributed by atoms with van der Waals surface area (Å²) >= 11 is 0. The highest BCUT2D eigenvalue weighted by Gasteiger charge is 2.35. The molecule has 2 aliphatic heterocycles. The first-order chi connectivity index (χ1) is 11.8. The number of ether oxygens (including phenoxy) is 1. The Bertz CT molecular complexity index is 476. The molecule has 0 aromatic rings. The number of guanidine groups is 1. The van der Waals surface area contributed by atoms with Crippen LogP contribution in [0.1, 0.15) is 26.2 Å². The lowest BCUT2D eigenvalue weighted by Crippen LogP contribution is -2.50. The van der Waals surface area contributed by atoms with Crippen molar-refractivity contribution in [2.45, 2.75) is 38.4 Å². The van der Waals surface area contributed by atoms with Crippen molar-refractivity contribution < 1.29 is 22.7 Å². The SMILES string of the molecule is CCOC(=O)C1CCN(C(=NC)NC2CCN(CC(F)(F)F)C2)CC1. The Morgan fingerprint density at radius 2 is 1.92 bits per heavy atom. The molecule has 2 heterocycles. The third-order valence-electron chi connectivity index (χ3n) is 4.63. The standard InChI is InChI=1S/C16H27F3N4O2/c1-3-25-14(24)12-4-8-23(9-5-12)15(20-2)21-13-6-7-22(10-13)11-16(17,18)19/h12-13H,3-11H2,1-2H3,(H,20,21). The molecule has 9 heteroatoms. The predicted molar refractivity (Wildman–Crippen MR) is 88.3 cm³/mol. The summed E-state index contributed by atoms with van der Waals surface area (Å²) in [4.78, 5) is 19.5. The third kappa shape index (κ3) is 6.05. The van der Waals surface area contributed by atoms with Crippen LogP contribution in [0.15, 0.2) is 4.99 Å². The van der Waals surface area contributed by atoms with Crippen molar-refractivity contribution in [2.75, 3.05) is 46.4 Å². The lowest BCUT2D eigenvalue weighted by Gasteiger charge is -2.34. The van der Waals surface area contributed by atoms with Crippen LogP contribution in [0.2, 0.25) is 0 Å². The maximum absolute atomic E-state index is 12.5. The van der Waals surface area contributed by atoms with Crippen LogP contribution in [0.5, 0.6) is 0 Å².